The molecular formula is C22H22ClN3O5. The van der Waals surface area contributed by atoms with Gasteiger partial charge in [0.05, 0.1) is 5.41 Å². The van der Waals surface area contributed by atoms with Crippen molar-refractivity contribution in [1.82, 2.24) is 14.8 Å². The molecule has 9 heteroatoms. The number of aromatic nitrogens is 3. The SMILES string of the molecule is CC(C)(C(=O)C(O)(Oc1ccc(Cl)cc1)n1cncn1)C(Cc1ccccc1)OC=O. The minimum Gasteiger partial charge on any atom is -0.463 e. The molecule has 3 aromatic rings. The number of hydrogen-bond acceptors (Lipinski definition) is 7. The average molecular weight is 444 g/mol. The minimum absolute atomic E-state index is 0.183. The number of hydrogen-bond donors (Lipinski definition) is 1. The predicted molar refractivity (Wildman–Crippen MR) is 112 cm³/mol. The summed E-state index contributed by atoms with van der Waals surface area (Å²) >= 11 is 5.91. The molecule has 2 unspecified atom stereocenters. The van der Waals surface area contributed by atoms with E-state index in [1.807, 2.05) is 30.3 Å². The molecule has 3 rings (SSSR count). The van der Waals surface area contributed by atoms with Crippen molar-refractivity contribution in [1.29, 1.82) is 0 Å². The zero-order valence-corrected chi connectivity index (χ0v) is 17.8. The van der Waals surface area contributed by atoms with Crippen LogP contribution in [-0.2, 0) is 26.7 Å². The Morgan fingerprint density at radius 2 is 1.87 bits per heavy atom. The second-order valence-corrected chi connectivity index (χ2v) is 7.90. The molecular weight excluding hydrogens is 422 g/mol. The van der Waals surface area contributed by atoms with Crippen molar-refractivity contribution in [2.45, 2.75) is 32.3 Å². The molecule has 1 aromatic heterocycles. The van der Waals surface area contributed by atoms with Crippen LogP contribution in [0.4, 0.5) is 0 Å². The Kier molecular flexibility index (Phi) is 6.72. The molecule has 2 atom stereocenters. The van der Waals surface area contributed by atoms with E-state index in [9.17, 15) is 14.7 Å². The highest BCUT2D eigenvalue weighted by molar-refractivity contribution is 6.30. The van der Waals surface area contributed by atoms with E-state index in [1.165, 1.54) is 18.5 Å². The van der Waals surface area contributed by atoms with Crippen molar-refractivity contribution in [3.05, 3.63) is 77.8 Å². The predicted octanol–water partition coefficient (Wildman–Crippen LogP) is 2.99. The van der Waals surface area contributed by atoms with Gasteiger partial charge in [0.15, 0.2) is 0 Å². The largest absolute Gasteiger partial charge is 0.463 e. The van der Waals surface area contributed by atoms with Gasteiger partial charge in [-0.15, -0.1) is 0 Å². The monoisotopic (exact) mass is 443 g/mol. The van der Waals surface area contributed by atoms with Gasteiger partial charge in [0.1, 0.15) is 24.5 Å². The molecule has 31 heavy (non-hydrogen) atoms. The number of ketones is 1. The van der Waals surface area contributed by atoms with Crippen molar-refractivity contribution in [3.8, 4) is 5.75 Å². The summed E-state index contributed by atoms with van der Waals surface area (Å²) in [5, 5.41) is 15.8. The summed E-state index contributed by atoms with van der Waals surface area (Å²) in [5.41, 5.74) is -0.512. The third-order valence-electron chi connectivity index (χ3n) is 4.97. The van der Waals surface area contributed by atoms with Gasteiger partial charge in [-0.2, -0.15) is 9.78 Å². The first-order valence-electron chi connectivity index (χ1n) is 9.47. The molecule has 0 bridgehead atoms. The van der Waals surface area contributed by atoms with E-state index in [4.69, 9.17) is 21.1 Å². The van der Waals surface area contributed by atoms with Gasteiger partial charge < -0.3 is 14.6 Å². The third kappa shape index (κ3) is 4.92. The van der Waals surface area contributed by atoms with Crippen LogP contribution in [0.5, 0.6) is 5.75 Å². The van der Waals surface area contributed by atoms with Crippen molar-refractivity contribution in [2.24, 2.45) is 5.41 Å². The van der Waals surface area contributed by atoms with Gasteiger partial charge in [-0.3, -0.25) is 9.59 Å². The van der Waals surface area contributed by atoms with Gasteiger partial charge >= 0.3 is 5.91 Å². The zero-order chi connectivity index (χ0) is 22.5. The van der Waals surface area contributed by atoms with Crippen LogP contribution in [0.1, 0.15) is 19.4 Å². The molecule has 0 radical (unpaired) electrons. The fourth-order valence-electron chi connectivity index (χ4n) is 3.16. The summed E-state index contributed by atoms with van der Waals surface area (Å²) in [4.78, 5) is 28.7. The van der Waals surface area contributed by atoms with Crippen molar-refractivity contribution < 1.29 is 24.2 Å². The van der Waals surface area contributed by atoms with Gasteiger partial charge in [-0.05, 0) is 43.7 Å². The van der Waals surface area contributed by atoms with Gasteiger partial charge in [0.2, 0.25) is 5.78 Å². The highest BCUT2D eigenvalue weighted by Crippen LogP contribution is 2.35. The average Bonchev–Trinajstić information content (AvgIpc) is 3.31. The smallest absolute Gasteiger partial charge is 0.376 e. The molecule has 0 fully saturated rings. The van der Waals surface area contributed by atoms with E-state index in [2.05, 4.69) is 10.1 Å². The molecule has 0 amide bonds. The number of Topliss-reactive ketones (excluding diaryl/α,β-unsaturated/α-hetero) is 1. The standard InChI is InChI=1S/C22H22ClN3O5/c1-21(2,19(30-15-27)12-16-6-4-3-5-7-16)20(28)22(29,26-14-24-13-25-26)31-18-10-8-17(23)9-11-18/h3-11,13-15,19,29H,12H2,1-2H3. The van der Waals surface area contributed by atoms with Crippen LogP contribution in [0.3, 0.4) is 0 Å². The topological polar surface area (TPSA) is 104 Å². The fraction of sp³-hybridized carbons (Fsp3) is 0.273. The minimum atomic E-state index is -2.55. The van der Waals surface area contributed by atoms with E-state index >= 15 is 0 Å². The first kappa shape index (κ1) is 22.5. The Morgan fingerprint density at radius 1 is 1.19 bits per heavy atom. The summed E-state index contributed by atoms with van der Waals surface area (Å²) in [6.45, 7) is 3.43. The second kappa shape index (κ2) is 9.28. The molecule has 0 spiro atoms. The Bertz CT molecular complexity index is 1010. The normalized spacial score (nSPS) is 14.3. The van der Waals surface area contributed by atoms with Crippen molar-refractivity contribution in [2.75, 3.05) is 0 Å². The summed E-state index contributed by atoms with van der Waals surface area (Å²) in [5.74, 6) is -3.14. The van der Waals surface area contributed by atoms with Crippen LogP contribution in [0.2, 0.25) is 5.02 Å². The molecule has 0 aliphatic heterocycles. The summed E-state index contributed by atoms with van der Waals surface area (Å²) in [7, 11) is 0. The number of halogens is 1. The van der Waals surface area contributed by atoms with Gasteiger partial charge in [-0.1, -0.05) is 41.9 Å². The lowest BCUT2D eigenvalue weighted by Crippen LogP contribution is -2.56. The number of carbonyl (C=O) groups excluding carboxylic acids is 2. The highest BCUT2D eigenvalue weighted by atomic mass is 35.5. The lowest BCUT2D eigenvalue weighted by Gasteiger charge is -2.37. The van der Waals surface area contributed by atoms with E-state index in [0.717, 1.165) is 16.6 Å². The van der Waals surface area contributed by atoms with Gasteiger partial charge in [-0.25, -0.2) is 4.98 Å². The maximum atomic E-state index is 13.7. The number of rotatable bonds is 10. The molecule has 0 saturated carbocycles. The molecule has 0 aliphatic carbocycles. The summed E-state index contributed by atoms with van der Waals surface area (Å²) in [6, 6.07) is 15.4. The van der Waals surface area contributed by atoms with Crippen LogP contribution >= 0.6 is 11.6 Å². The molecule has 0 aliphatic rings. The molecule has 0 saturated heterocycles. The van der Waals surface area contributed by atoms with Crippen molar-refractivity contribution >= 4 is 23.9 Å². The number of ether oxygens (including phenoxy) is 2. The first-order valence-corrected chi connectivity index (χ1v) is 9.85. The van der Waals surface area contributed by atoms with E-state index in [0.29, 0.717) is 5.02 Å². The Morgan fingerprint density at radius 3 is 2.45 bits per heavy atom. The Hall–Kier alpha value is -3.23. The number of benzene rings is 2. The molecule has 162 valence electrons. The van der Waals surface area contributed by atoms with Crippen LogP contribution in [0.25, 0.3) is 0 Å². The van der Waals surface area contributed by atoms with E-state index < -0.39 is 23.2 Å². The molecule has 2 aromatic carbocycles. The number of aliphatic hydroxyl groups is 1. The van der Waals surface area contributed by atoms with Crippen LogP contribution in [-0.4, -0.2) is 38.2 Å². The Labute approximate surface area is 184 Å². The van der Waals surface area contributed by atoms with Gasteiger partial charge in [0, 0.05) is 11.4 Å². The quantitative estimate of drug-likeness (QED) is 0.379. The number of carbonyl (C=O) groups is 2. The van der Waals surface area contributed by atoms with Crippen LogP contribution in [0.15, 0.2) is 67.3 Å². The lowest BCUT2D eigenvalue weighted by atomic mass is 9.77. The van der Waals surface area contributed by atoms with Gasteiger partial charge in [0.25, 0.3) is 6.47 Å². The maximum Gasteiger partial charge on any atom is 0.376 e. The highest BCUT2D eigenvalue weighted by Gasteiger charge is 2.53. The van der Waals surface area contributed by atoms with Crippen LogP contribution in [0, 0.1) is 5.41 Å². The summed E-state index contributed by atoms with van der Waals surface area (Å²) in [6.07, 6.45) is 1.70. The Balaban J connectivity index is 1.97. The third-order valence-corrected chi connectivity index (χ3v) is 5.22. The van der Waals surface area contributed by atoms with E-state index in [-0.39, 0.29) is 18.6 Å². The second-order valence-electron chi connectivity index (χ2n) is 7.47. The van der Waals surface area contributed by atoms with Crippen molar-refractivity contribution in [3.63, 3.8) is 0 Å². The summed E-state index contributed by atoms with van der Waals surface area (Å²) < 4.78 is 11.9. The molecule has 1 N–H and O–H groups in total. The zero-order valence-electron chi connectivity index (χ0n) is 17.0. The fourth-order valence-corrected chi connectivity index (χ4v) is 3.29. The first-order chi connectivity index (χ1) is 14.8. The van der Waals surface area contributed by atoms with E-state index in [1.54, 1.807) is 26.0 Å². The maximum absolute atomic E-state index is 13.7. The molecule has 1 heterocycles. The number of nitrogens with zero attached hydrogens (tertiary/aromatic N) is 3. The van der Waals surface area contributed by atoms with Crippen LogP contribution < -0.4 is 4.74 Å². The molecule has 8 nitrogen and oxygen atoms in total. The lowest BCUT2D eigenvalue weighted by molar-refractivity contribution is -0.224.